The highest BCUT2D eigenvalue weighted by molar-refractivity contribution is 7.89. The Morgan fingerprint density at radius 3 is 2.10 bits per heavy atom. The molecule has 0 radical (unpaired) electrons. The first-order chi connectivity index (χ1) is 19.1. The second-order valence-electron chi connectivity index (χ2n) is 10.5. The van der Waals surface area contributed by atoms with Crippen molar-refractivity contribution in [1.29, 1.82) is 0 Å². The minimum atomic E-state index is -3.65. The van der Waals surface area contributed by atoms with Gasteiger partial charge in [-0.2, -0.15) is 0 Å². The molecule has 0 aliphatic heterocycles. The van der Waals surface area contributed by atoms with E-state index in [2.05, 4.69) is 5.32 Å². The van der Waals surface area contributed by atoms with Gasteiger partial charge in [-0.15, -0.1) is 0 Å². The van der Waals surface area contributed by atoms with Crippen LogP contribution < -0.4 is 5.32 Å². The number of benzene rings is 3. The summed E-state index contributed by atoms with van der Waals surface area (Å²) in [6.45, 7) is 7.04. The van der Waals surface area contributed by atoms with Gasteiger partial charge in [-0.3, -0.25) is 9.59 Å². The normalized spacial score (nSPS) is 12.3. The van der Waals surface area contributed by atoms with Crippen molar-refractivity contribution in [2.75, 3.05) is 20.1 Å². The quantitative estimate of drug-likeness (QED) is 0.305. The molecule has 0 saturated heterocycles. The van der Waals surface area contributed by atoms with Crippen molar-refractivity contribution in [3.05, 3.63) is 102 Å². The van der Waals surface area contributed by atoms with Crippen LogP contribution in [0.25, 0.3) is 0 Å². The molecule has 0 spiro atoms. The molecule has 0 aliphatic rings. The molecule has 3 aromatic rings. The second kappa shape index (κ2) is 14.8. The minimum absolute atomic E-state index is 0.114. The van der Waals surface area contributed by atoms with E-state index in [0.717, 1.165) is 16.7 Å². The van der Waals surface area contributed by atoms with Crippen LogP contribution in [-0.4, -0.2) is 55.6 Å². The van der Waals surface area contributed by atoms with Gasteiger partial charge in [0, 0.05) is 39.5 Å². The third-order valence-corrected chi connectivity index (χ3v) is 8.74. The van der Waals surface area contributed by atoms with Crippen molar-refractivity contribution >= 4 is 21.8 Å². The molecular weight excluding hydrogens is 522 g/mol. The molecule has 3 rings (SSSR count). The maximum atomic E-state index is 13.8. The fraction of sp³-hybridized carbons (Fsp3) is 0.375. The molecule has 0 bridgehead atoms. The molecule has 0 fully saturated rings. The van der Waals surface area contributed by atoms with Gasteiger partial charge in [-0.25, -0.2) is 12.7 Å². The van der Waals surface area contributed by atoms with Gasteiger partial charge in [-0.1, -0.05) is 86.6 Å². The van der Waals surface area contributed by atoms with E-state index in [9.17, 15) is 18.0 Å². The fourth-order valence-corrected chi connectivity index (χ4v) is 5.67. The first-order valence-corrected chi connectivity index (χ1v) is 15.2. The van der Waals surface area contributed by atoms with Crippen LogP contribution in [0.1, 0.15) is 43.4 Å². The Balaban J connectivity index is 1.83. The van der Waals surface area contributed by atoms with Crippen molar-refractivity contribution in [3.63, 3.8) is 0 Å². The van der Waals surface area contributed by atoms with Crippen LogP contribution in [0, 0.1) is 12.8 Å². The van der Waals surface area contributed by atoms with E-state index >= 15 is 0 Å². The Hall–Kier alpha value is -3.49. The van der Waals surface area contributed by atoms with Crippen molar-refractivity contribution in [1.82, 2.24) is 14.5 Å². The van der Waals surface area contributed by atoms with E-state index < -0.39 is 16.1 Å². The van der Waals surface area contributed by atoms with Crippen molar-refractivity contribution < 1.29 is 18.0 Å². The molecule has 2 amide bonds. The highest BCUT2D eigenvalue weighted by Crippen LogP contribution is 2.19. The molecule has 3 aromatic carbocycles. The number of amides is 2. The maximum Gasteiger partial charge on any atom is 0.243 e. The first-order valence-electron chi connectivity index (χ1n) is 13.8. The summed E-state index contributed by atoms with van der Waals surface area (Å²) in [6, 6.07) is 25.1. The largest absolute Gasteiger partial charge is 0.354 e. The van der Waals surface area contributed by atoms with E-state index in [1.807, 2.05) is 75.4 Å². The number of carbonyl (C=O) groups excluding carboxylic acids is 2. The molecular formula is C32H41N3O4S. The van der Waals surface area contributed by atoms with Crippen LogP contribution in [0.4, 0.5) is 0 Å². The monoisotopic (exact) mass is 563 g/mol. The van der Waals surface area contributed by atoms with Crippen LogP contribution in [0.5, 0.6) is 0 Å². The van der Waals surface area contributed by atoms with Crippen LogP contribution in [0.2, 0.25) is 0 Å². The zero-order valence-electron chi connectivity index (χ0n) is 23.9. The van der Waals surface area contributed by atoms with Crippen LogP contribution in [-0.2, 0) is 32.6 Å². The highest BCUT2D eigenvalue weighted by atomic mass is 32.2. The predicted octanol–water partition coefficient (Wildman–Crippen LogP) is 4.81. The van der Waals surface area contributed by atoms with Crippen molar-refractivity contribution in [3.8, 4) is 0 Å². The molecule has 0 heterocycles. The number of aryl methyl sites for hydroxylation is 1. The highest BCUT2D eigenvalue weighted by Gasteiger charge is 2.31. The SMILES string of the molecule is Cc1ccccc1CN(C(=O)CCCN(C)S(=O)(=O)c1ccccc1)[C@H](Cc1ccccc1)C(=O)NCC(C)C. The van der Waals surface area contributed by atoms with Crippen molar-refractivity contribution in [2.24, 2.45) is 5.92 Å². The number of carbonyl (C=O) groups is 2. The van der Waals surface area contributed by atoms with E-state index in [4.69, 9.17) is 0 Å². The Labute approximate surface area is 239 Å². The third kappa shape index (κ3) is 8.76. The van der Waals surface area contributed by atoms with Crippen LogP contribution in [0.3, 0.4) is 0 Å². The van der Waals surface area contributed by atoms with Gasteiger partial charge in [0.1, 0.15) is 6.04 Å². The average Bonchev–Trinajstić information content (AvgIpc) is 2.95. The van der Waals surface area contributed by atoms with Gasteiger partial charge in [0.2, 0.25) is 21.8 Å². The molecule has 0 aliphatic carbocycles. The zero-order chi connectivity index (χ0) is 29.1. The molecule has 0 aromatic heterocycles. The second-order valence-corrected chi connectivity index (χ2v) is 12.6. The Morgan fingerprint density at radius 1 is 0.875 bits per heavy atom. The molecule has 40 heavy (non-hydrogen) atoms. The summed E-state index contributed by atoms with van der Waals surface area (Å²) in [5, 5.41) is 3.03. The minimum Gasteiger partial charge on any atom is -0.354 e. The zero-order valence-corrected chi connectivity index (χ0v) is 24.7. The lowest BCUT2D eigenvalue weighted by Gasteiger charge is -2.32. The Morgan fingerprint density at radius 2 is 1.48 bits per heavy atom. The number of nitrogens with one attached hydrogen (secondary N) is 1. The molecule has 1 N–H and O–H groups in total. The van der Waals surface area contributed by atoms with Gasteiger partial charge in [-0.05, 0) is 48.1 Å². The molecule has 0 unspecified atom stereocenters. The number of hydrogen-bond donors (Lipinski definition) is 1. The smallest absolute Gasteiger partial charge is 0.243 e. The van der Waals surface area contributed by atoms with E-state index in [-0.39, 0.29) is 42.1 Å². The topological polar surface area (TPSA) is 86.8 Å². The summed E-state index contributed by atoms with van der Waals surface area (Å²) in [4.78, 5) is 29.2. The van der Waals surface area contributed by atoms with E-state index in [1.165, 1.54) is 11.4 Å². The molecule has 214 valence electrons. The molecule has 0 saturated carbocycles. The van der Waals surface area contributed by atoms with Crippen LogP contribution in [0.15, 0.2) is 89.8 Å². The summed E-state index contributed by atoms with van der Waals surface area (Å²) in [7, 11) is -2.13. The third-order valence-electron chi connectivity index (χ3n) is 6.87. The molecule has 7 nitrogen and oxygen atoms in total. The lowest BCUT2D eigenvalue weighted by Crippen LogP contribution is -2.51. The van der Waals surface area contributed by atoms with Gasteiger partial charge in [0.05, 0.1) is 4.90 Å². The molecule has 1 atom stereocenters. The van der Waals surface area contributed by atoms with Gasteiger partial charge >= 0.3 is 0 Å². The van der Waals surface area contributed by atoms with Crippen molar-refractivity contribution in [2.45, 2.75) is 57.5 Å². The summed E-state index contributed by atoms with van der Waals surface area (Å²) in [5.74, 6) is -0.110. The average molecular weight is 564 g/mol. The standard InChI is InChI=1S/C32H41N3O4S/c1-25(2)23-33-32(37)30(22-27-15-7-5-8-16-27)35(24-28-17-12-11-14-26(28)3)31(36)20-13-21-34(4)40(38,39)29-18-9-6-10-19-29/h5-12,14-19,25,30H,13,20-24H2,1-4H3,(H,33,37)/t30-/m1/s1. The molecule has 8 heteroatoms. The maximum absolute atomic E-state index is 13.8. The van der Waals surface area contributed by atoms with Gasteiger partial charge in [0.15, 0.2) is 0 Å². The summed E-state index contributed by atoms with van der Waals surface area (Å²) >= 11 is 0. The predicted molar refractivity (Wildman–Crippen MR) is 159 cm³/mol. The van der Waals surface area contributed by atoms with E-state index in [0.29, 0.717) is 19.4 Å². The summed E-state index contributed by atoms with van der Waals surface area (Å²) in [6.07, 6.45) is 0.825. The first kappa shape index (κ1) is 31.0. The van der Waals surface area contributed by atoms with E-state index in [1.54, 1.807) is 35.2 Å². The summed E-state index contributed by atoms with van der Waals surface area (Å²) in [5.41, 5.74) is 2.97. The number of nitrogens with zero attached hydrogens (tertiary/aromatic N) is 2. The van der Waals surface area contributed by atoms with Gasteiger partial charge in [0.25, 0.3) is 0 Å². The number of rotatable bonds is 14. The van der Waals surface area contributed by atoms with Gasteiger partial charge < -0.3 is 10.2 Å². The number of hydrogen-bond acceptors (Lipinski definition) is 4. The lowest BCUT2D eigenvalue weighted by atomic mass is 10.0. The Bertz CT molecular complexity index is 1340. The fourth-order valence-electron chi connectivity index (χ4n) is 4.44. The Kier molecular flexibility index (Phi) is 11.5. The van der Waals surface area contributed by atoms with Crippen LogP contribution >= 0.6 is 0 Å². The summed E-state index contributed by atoms with van der Waals surface area (Å²) < 4.78 is 27.1. The lowest BCUT2D eigenvalue weighted by molar-refractivity contribution is -0.141. The number of sulfonamides is 1.